The molecule has 122 valence electrons. The second-order valence-electron chi connectivity index (χ2n) is 6.44. The van der Waals surface area contributed by atoms with E-state index in [2.05, 4.69) is 5.32 Å². The lowest BCUT2D eigenvalue weighted by Crippen LogP contribution is -2.58. The maximum atomic E-state index is 12.3. The summed E-state index contributed by atoms with van der Waals surface area (Å²) >= 11 is 0. The molecule has 0 aromatic heterocycles. The Balaban J connectivity index is 2.43. The Kier molecular flexibility index (Phi) is 6.61. The molecule has 1 saturated carbocycles. The molecule has 0 unspecified atom stereocenters. The maximum Gasteiger partial charge on any atom is 0.317 e. The van der Waals surface area contributed by atoms with Crippen LogP contribution >= 0.6 is 0 Å². The van der Waals surface area contributed by atoms with Gasteiger partial charge in [0.25, 0.3) is 0 Å². The van der Waals surface area contributed by atoms with Crippen molar-refractivity contribution in [3.63, 3.8) is 0 Å². The highest BCUT2D eigenvalue weighted by Crippen LogP contribution is 2.26. The standard InChI is InChI=1S/C15H29N3O3/c1-6-18(9-13(19)20)12-7-11(8-12)16-15(21)14(10(2)3)17(4)5/h10-12,14H,6-9H2,1-5H3,(H,16,21)(H,19,20)/t11?,12?,14-/m0/s1. The van der Waals surface area contributed by atoms with Gasteiger partial charge in [-0.25, -0.2) is 0 Å². The minimum absolute atomic E-state index is 0.0692. The molecule has 0 aromatic rings. The Bertz CT molecular complexity index is 357. The van der Waals surface area contributed by atoms with Crippen molar-refractivity contribution in [1.82, 2.24) is 15.1 Å². The van der Waals surface area contributed by atoms with Crippen molar-refractivity contribution in [2.24, 2.45) is 5.92 Å². The average Bonchev–Trinajstić information content (AvgIpc) is 2.29. The number of amides is 1. The van der Waals surface area contributed by atoms with Crippen LogP contribution in [0, 0.1) is 5.92 Å². The largest absolute Gasteiger partial charge is 0.480 e. The minimum atomic E-state index is -0.795. The Morgan fingerprint density at radius 3 is 2.24 bits per heavy atom. The van der Waals surface area contributed by atoms with Crippen LogP contribution in [0.2, 0.25) is 0 Å². The molecule has 0 bridgehead atoms. The summed E-state index contributed by atoms with van der Waals surface area (Å²) in [6.07, 6.45) is 1.68. The molecular weight excluding hydrogens is 270 g/mol. The highest BCUT2D eigenvalue weighted by molar-refractivity contribution is 5.82. The smallest absolute Gasteiger partial charge is 0.317 e. The molecule has 0 saturated heterocycles. The number of aliphatic carboxylic acids is 1. The molecule has 1 amide bonds. The SMILES string of the molecule is CCN(CC(=O)O)C1CC(NC(=O)[C@H](C(C)C)N(C)C)C1. The molecule has 1 atom stereocenters. The Morgan fingerprint density at radius 1 is 1.29 bits per heavy atom. The van der Waals surface area contributed by atoms with E-state index < -0.39 is 5.97 Å². The number of hydrogen-bond acceptors (Lipinski definition) is 4. The fourth-order valence-corrected chi connectivity index (χ4v) is 3.10. The van der Waals surface area contributed by atoms with Gasteiger partial charge in [0.05, 0.1) is 12.6 Å². The first-order valence-corrected chi connectivity index (χ1v) is 7.68. The van der Waals surface area contributed by atoms with Crippen molar-refractivity contribution in [2.45, 2.75) is 51.7 Å². The Hall–Kier alpha value is -1.14. The number of carboxylic acids is 1. The van der Waals surface area contributed by atoms with Gasteiger partial charge in [-0.1, -0.05) is 20.8 Å². The van der Waals surface area contributed by atoms with E-state index in [9.17, 15) is 9.59 Å². The summed E-state index contributed by atoms with van der Waals surface area (Å²) in [6, 6.07) is 0.324. The monoisotopic (exact) mass is 299 g/mol. The number of rotatable bonds is 8. The lowest BCUT2D eigenvalue weighted by molar-refractivity contribution is -0.140. The third-order valence-corrected chi connectivity index (χ3v) is 4.18. The molecule has 1 fully saturated rings. The van der Waals surface area contributed by atoms with Crippen molar-refractivity contribution in [2.75, 3.05) is 27.2 Å². The van der Waals surface area contributed by atoms with Gasteiger partial charge in [-0.05, 0) is 39.4 Å². The summed E-state index contributed by atoms with van der Waals surface area (Å²) in [5.41, 5.74) is 0. The van der Waals surface area contributed by atoms with Crippen LogP contribution in [0.25, 0.3) is 0 Å². The first kappa shape index (κ1) is 17.9. The summed E-state index contributed by atoms with van der Waals surface area (Å²) in [6.45, 7) is 6.85. The predicted octanol–water partition coefficient (Wildman–Crippen LogP) is 0.626. The lowest BCUT2D eigenvalue weighted by atomic mass is 9.85. The third kappa shape index (κ3) is 4.97. The van der Waals surface area contributed by atoms with Crippen LogP contribution in [0.5, 0.6) is 0 Å². The first-order chi connectivity index (χ1) is 9.76. The highest BCUT2D eigenvalue weighted by atomic mass is 16.4. The molecule has 6 heteroatoms. The molecule has 0 aliphatic heterocycles. The Labute approximate surface area is 127 Å². The van der Waals surface area contributed by atoms with Crippen LogP contribution in [0.4, 0.5) is 0 Å². The van der Waals surface area contributed by atoms with E-state index in [1.807, 2.05) is 44.7 Å². The summed E-state index contributed by atoms with van der Waals surface area (Å²) < 4.78 is 0. The van der Waals surface area contributed by atoms with Gasteiger partial charge in [0, 0.05) is 12.1 Å². The molecule has 0 heterocycles. The van der Waals surface area contributed by atoms with E-state index in [0.29, 0.717) is 0 Å². The van der Waals surface area contributed by atoms with Gasteiger partial charge in [0.2, 0.25) is 5.91 Å². The number of nitrogens with one attached hydrogen (secondary N) is 1. The number of carboxylic acid groups (broad SMARTS) is 1. The van der Waals surface area contributed by atoms with Gasteiger partial charge < -0.3 is 10.4 Å². The van der Waals surface area contributed by atoms with Crippen molar-refractivity contribution >= 4 is 11.9 Å². The quantitative estimate of drug-likeness (QED) is 0.687. The summed E-state index contributed by atoms with van der Waals surface area (Å²) in [7, 11) is 3.83. The van der Waals surface area contributed by atoms with Crippen molar-refractivity contribution in [3.8, 4) is 0 Å². The molecule has 0 spiro atoms. The maximum absolute atomic E-state index is 12.3. The number of carbonyl (C=O) groups is 2. The zero-order valence-electron chi connectivity index (χ0n) is 13.8. The zero-order chi connectivity index (χ0) is 16.2. The zero-order valence-corrected chi connectivity index (χ0v) is 13.8. The van der Waals surface area contributed by atoms with Crippen LogP contribution < -0.4 is 5.32 Å². The molecule has 1 aliphatic carbocycles. The third-order valence-electron chi connectivity index (χ3n) is 4.18. The van der Waals surface area contributed by atoms with Gasteiger partial charge in [-0.2, -0.15) is 0 Å². The number of nitrogens with zero attached hydrogens (tertiary/aromatic N) is 2. The van der Waals surface area contributed by atoms with Crippen LogP contribution in [-0.4, -0.2) is 72.1 Å². The fraction of sp³-hybridized carbons (Fsp3) is 0.867. The van der Waals surface area contributed by atoms with Crippen molar-refractivity contribution in [3.05, 3.63) is 0 Å². The van der Waals surface area contributed by atoms with Gasteiger partial charge in [-0.3, -0.25) is 19.4 Å². The van der Waals surface area contributed by atoms with E-state index in [1.54, 1.807) is 0 Å². The van der Waals surface area contributed by atoms with Gasteiger partial charge in [0.1, 0.15) is 0 Å². The van der Waals surface area contributed by atoms with Gasteiger partial charge >= 0.3 is 5.97 Å². The van der Waals surface area contributed by atoms with Crippen LogP contribution in [-0.2, 0) is 9.59 Å². The summed E-state index contributed by atoms with van der Waals surface area (Å²) in [4.78, 5) is 27.0. The minimum Gasteiger partial charge on any atom is -0.480 e. The normalized spacial score (nSPS) is 23.2. The van der Waals surface area contributed by atoms with E-state index in [4.69, 9.17) is 5.11 Å². The first-order valence-electron chi connectivity index (χ1n) is 7.68. The van der Waals surface area contributed by atoms with Crippen molar-refractivity contribution in [1.29, 1.82) is 0 Å². The second kappa shape index (κ2) is 7.75. The number of hydrogen-bond donors (Lipinski definition) is 2. The highest BCUT2D eigenvalue weighted by Gasteiger charge is 2.36. The van der Waals surface area contributed by atoms with Gasteiger partial charge in [-0.15, -0.1) is 0 Å². The van der Waals surface area contributed by atoms with Crippen LogP contribution in [0.15, 0.2) is 0 Å². The molecule has 2 N–H and O–H groups in total. The van der Waals surface area contributed by atoms with E-state index >= 15 is 0 Å². The molecule has 1 rings (SSSR count). The molecule has 0 radical (unpaired) electrons. The average molecular weight is 299 g/mol. The van der Waals surface area contributed by atoms with E-state index in [0.717, 1.165) is 19.4 Å². The molecule has 6 nitrogen and oxygen atoms in total. The molecule has 0 aromatic carbocycles. The molecule has 1 aliphatic rings. The predicted molar refractivity (Wildman–Crippen MR) is 82.1 cm³/mol. The van der Waals surface area contributed by atoms with Gasteiger partial charge in [0.15, 0.2) is 0 Å². The molecular formula is C15H29N3O3. The van der Waals surface area contributed by atoms with Crippen LogP contribution in [0.1, 0.15) is 33.6 Å². The summed E-state index contributed by atoms with van der Waals surface area (Å²) in [5.74, 6) is -0.466. The lowest BCUT2D eigenvalue weighted by Gasteiger charge is -2.43. The number of likely N-dealkylation sites (N-methyl/N-ethyl adjacent to an activating group) is 2. The molecule has 21 heavy (non-hydrogen) atoms. The topological polar surface area (TPSA) is 72.9 Å². The Morgan fingerprint density at radius 2 is 1.86 bits per heavy atom. The number of carbonyl (C=O) groups excluding carboxylic acids is 1. The summed E-state index contributed by atoms with van der Waals surface area (Å²) in [5, 5.41) is 12.0. The van der Waals surface area contributed by atoms with E-state index in [-0.39, 0.29) is 36.5 Å². The van der Waals surface area contributed by atoms with Crippen LogP contribution in [0.3, 0.4) is 0 Å². The second-order valence-corrected chi connectivity index (χ2v) is 6.44. The fourth-order valence-electron chi connectivity index (χ4n) is 3.10. The van der Waals surface area contributed by atoms with E-state index in [1.165, 1.54) is 0 Å². The van der Waals surface area contributed by atoms with Crippen molar-refractivity contribution < 1.29 is 14.7 Å².